The van der Waals surface area contributed by atoms with Crippen LogP contribution >= 0.6 is 0 Å². The number of benzene rings is 1. The molecule has 4 heterocycles. The molecule has 2 aliphatic heterocycles. The molecule has 6 nitrogen and oxygen atoms in total. The van der Waals surface area contributed by atoms with Gasteiger partial charge in [-0.2, -0.15) is 5.10 Å². The van der Waals surface area contributed by atoms with Crippen LogP contribution in [0.5, 0.6) is 0 Å². The first-order valence-electron chi connectivity index (χ1n) is 9.35. The maximum atomic E-state index is 5.71. The number of aromatic nitrogens is 4. The van der Waals surface area contributed by atoms with Crippen molar-refractivity contribution < 1.29 is 4.74 Å². The second-order valence-corrected chi connectivity index (χ2v) is 7.81. The number of ether oxygens (including phenoxy) is 1. The van der Waals surface area contributed by atoms with Gasteiger partial charge in [0.05, 0.1) is 30.0 Å². The van der Waals surface area contributed by atoms with E-state index in [2.05, 4.69) is 63.2 Å². The highest BCUT2D eigenvalue weighted by Gasteiger charge is 2.39. The number of rotatable bonds is 4. The van der Waals surface area contributed by atoms with Crippen molar-refractivity contribution in [2.45, 2.75) is 38.8 Å². The molecule has 3 aromatic rings. The normalized spacial score (nSPS) is 22.0. The van der Waals surface area contributed by atoms with E-state index in [0.29, 0.717) is 18.1 Å². The van der Waals surface area contributed by atoms with Crippen LogP contribution < -0.4 is 4.90 Å². The third-order valence-electron chi connectivity index (χ3n) is 5.36. The average molecular weight is 349 g/mol. The lowest BCUT2D eigenvalue weighted by atomic mass is 10.0. The molecule has 6 heteroatoms. The van der Waals surface area contributed by atoms with Gasteiger partial charge in [0.1, 0.15) is 17.8 Å². The monoisotopic (exact) mass is 349 g/mol. The summed E-state index contributed by atoms with van der Waals surface area (Å²) in [5.74, 6) is 1.60. The van der Waals surface area contributed by atoms with Gasteiger partial charge in [0, 0.05) is 18.0 Å². The Bertz CT molecular complexity index is 950. The van der Waals surface area contributed by atoms with E-state index in [4.69, 9.17) is 4.74 Å². The van der Waals surface area contributed by atoms with E-state index in [-0.39, 0.29) is 0 Å². The highest BCUT2D eigenvalue weighted by atomic mass is 16.5. The van der Waals surface area contributed by atoms with Crippen molar-refractivity contribution in [1.29, 1.82) is 0 Å². The first-order chi connectivity index (χ1) is 12.7. The molecule has 0 spiro atoms. The third-order valence-corrected chi connectivity index (χ3v) is 5.36. The molecule has 0 saturated carbocycles. The molecule has 0 amide bonds. The summed E-state index contributed by atoms with van der Waals surface area (Å²) >= 11 is 0. The Hall–Kier alpha value is -2.47. The minimum absolute atomic E-state index is 0.350. The van der Waals surface area contributed by atoms with Gasteiger partial charge in [-0.25, -0.2) is 9.97 Å². The minimum atomic E-state index is 0.350. The fourth-order valence-corrected chi connectivity index (χ4v) is 4.17. The minimum Gasteiger partial charge on any atom is -0.374 e. The molecule has 134 valence electrons. The van der Waals surface area contributed by atoms with Gasteiger partial charge in [0.25, 0.3) is 0 Å². The maximum Gasteiger partial charge on any atom is 0.133 e. The van der Waals surface area contributed by atoms with Crippen LogP contribution in [0, 0.1) is 5.92 Å². The zero-order valence-electron chi connectivity index (χ0n) is 15.1. The Balaban J connectivity index is 1.52. The largest absolute Gasteiger partial charge is 0.374 e. The van der Waals surface area contributed by atoms with E-state index in [9.17, 15) is 0 Å². The Labute approximate surface area is 152 Å². The molecule has 1 aromatic carbocycles. The van der Waals surface area contributed by atoms with E-state index in [0.717, 1.165) is 54.1 Å². The average Bonchev–Trinajstić information content (AvgIpc) is 3.36. The molecule has 2 atom stereocenters. The van der Waals surface area contributed by atoms with Crippen LogP contribution in [0.25, 0.3) is 22.3 Å². The lowest BCUT2D eigenvalue weighted by Gasteiger charge is -2.27. The number of fused-ring (bicyclic) bond motifs is 3. The molecule has 2 fully saturated rings. The summed E-state index contributed by atoms with van der Waals surface area (Å²) in [5, 5.41) is 8.81. The fourth-order valence-electron chi connectivity index (χ4n) is 4.17. The van der Waals surface area contributed by atoms with Crippen molar-refractivity contribution in [3.63, 3.8) is 0 Å². The van der Waals surface area contributed by atoms with Gasteiger partial charge < -0.3 is 9.64 Å². The number of nitrogens with one attached hydrogen (secondary N) is 1. The highest BCUT2D eigenvalue weighted by molar-refractivity contribution is 5.92. The van der Waals surface area contributed by atoms with Crippen LogP contribution in [-0.2, 0) is 11.2 Å². The Kier molecular flexibility index (Phi) is 3.67. The van der Waals surface area contributed by atoms with Crippen LogP contribution in [-0.4, -0.2) is 45.5 Å². The first kappa shape index (κ1) is 15.8. The van der Waals surface area contributed by atoms with Crippen LogP contribution in [0.15, 0.2) is 30.6 Å². The van der Waals surface area contributed by atoms with Crippen molar-refractivity contribution in [2.75, 3.05) is 18.1 Å². The molecule has 2 aliphatic rings. The van der Waals surface area contributed by atoms with Crippen LogP contribution in [0.1, 0.15) is 25.8 Å². The molecule has 5 rings (SSSR count). The summed E-state index contributed by atoms with van der Waals surface area (Å²) in [5.41, 5.74) is 4.14. The van der Waals surface area contributed by atoms with Gasteiger partial charge in [0.2, 0.25) is 0 Å². The molecule has 0 aliphatic carbocycles. The lowest BCUT2D eigenvalue weighted by Crippen LogP contribution is -2.37. The van der Waals surface area contributed by atoms with Crippen LogP contribution in [0.3, 0.4) is 0 Å². The van der Waals surface area contributed by atoms with Crippen molar-refractivity contribution >= 4 is 16.7 Å². The van der Waals surface area contributed by atoms with E-state index in [1.165, 1.54) is 5.56 Å². The zero-order chi connectivity index (χ0) is 17.7. The molecule has 0 radical (unpaired) electrons. The van der Waals surface area contributed by atoms with E-state index in [1.807, 2.05) is 0 Å². The molecular formula is C20H23N5O. The van der Waals surface area contributed by atoms with Crippen molar-refractivity contribution in [1.82, 2.24) is 20.2 Å². The molecule has 2 bridgehead atoms. The second-order valence-electron chi connectivity index (χ2n) is 7.81. The van der Waals surface area contributed by atoms with Crippen LogP contribution in [0.2, 0.25) is 0 Å². The zero-order valence-corrected chi connectivity index (χ0v) is 15.1. The summed E-state index contributed by atoms with van der Waals surface area (Å²) in [6.45, 7) is 6.20. The topological polar surface area (TPSA) is 66.9 Å². The number of anilines is 1. The number of hydrogen-bond acceptors (Lipinski definition) is 5. The van der Waals surface area contributed by atoms with E-state index < -0.39 is 0 Å². The number of nitrogens with zero attached hydrogens (tertiary/aromatic N) is 4. The fraction of sp³-hybridized carbons (Fsp3) is 0.450. The number of morpholine rings is 1. The Morgan fingerprint density at radius 1 is 1.27 bits per heavy atom. The van der Waals surface area contributed by atoms with Crippen LogP contribution in [0.4, 0.5) is 5.82 Å². The summed E-state index contributed by atoms with van der Waals surface area (Å²) in [4.78, 5) is 11.4. The SMILES string of the molecule is CC(C)Cc1ccc2[nH]nc(-c3cc(N4CC5CC4CO5)ncn3)c2c1. The Morgan fingerprint density at radius 2 is 2.19 bits per heavy atom. The molecule has 2 aromatic heterocycles. The lowest BCUT2D eigenvalue weighted by molar-refractivity contribution is 0.0989. The summed E-state index contributed by atoms with van der Waals surface area (Å²) in [7, 11) is 0. The highest BCUT2D eigenvalue weighted by Crippen LogP contribution is 2.33. The third kappa shape index (κ3) is 2.65. The van der Waals surface area contributed by atoms with Gasteiger partial charge in [-0.3, -0.25) is 5.10 Å². The summed E-state index contributed by atoms with van der Waals surface area (Å²) in [6, 6.07) is 9.03. The molecule has 2 saturated heterocycles. The predicted molar refractivity (Wildman–Crippen MR) is 101 cm³/mol. The maximum absolute atomic E-state index is 5.71. The van der Waals surface area contributed by atoms with Crippen molar-refractivity contribution in [3.05, 3.63) is 36.2 Å². The van der Waals surface area contributed by atoms with Gasteiger partial charge in [-0.15, -0.1) is 0 Å². The smallest absolute Gasteiger partial charge is 0.133 e. The summed E-state index contributed by atoms with van der Waals surface area (Å²) in [6.07, 6.45) is 4.16. The quantitative estimate of drug-likeness (QED) is 0.783. The Morgan fingerprint density at radius 3 is 2.96 bits per heavy atom. The van der Waals surface area contributed by atoms with E-state index >= 15 is 0 Å². The van der Waals surface area contributed by atoms with E-state index in [1.54, 1.807) is 6.33 Å². The first-order valence-corrected chi connectivity index (χ1v) is 9.35. The molecular weight excluding hydrogens is 326 g/mol. The standard InChI is InChI=1S/C20H23N5O/c1-12(2)5-13-3-4-17-16(6-13)20(24-23-17)18-8-19(22-11-21-18)25-9-15-7-14(25)10-26-15/h3-4,6,8,11-12,14-15H,5,7,9-10H2,1-2H3,(H,23,24). The van der Waals surface area contributed by atoms with Crippen molar-refractivity contribution in [3.8, 4) is 11.4 Å². The number of hydrogen-bond donors (Lipinski definition) is 1. The van der Waals surface area contributed by atoms with Gasteiger partial charge in [-0.1, -0.05) is 19.9 Å². The molecule has 1 N–H and O–H groups in total. The number of aromatic amines is 1. The van der Waals surface area contributed by atoms with Crippen molar-refractivity contribution in [2.24, 2.45) is 5.92 Å². The number of H-pyrrole nitrogens is 1. The molecule has 26 heavy (non-hydrogen) atoms. The van der Waals surface area contributed by atoms with Gasteiger partial charge in [0.15, 0.2) is 0 Å². The predicted octanol–water partition coefficient (Wildman–Crippen LogP) is 3.20. The van der Waals surface area contributed by atoms with Gasteiger partial charge >= 0.3 is 0 Å². The second kappa shape index (κ2) is 6.06. The summed E-state index contributed by atoms with van der Waals surface area (Å²) < 4.78 is 5.71. The molecule has 2 unspecified atom stereocenters. The van der Waals surface area contributed by atoms with Gasteiger partial charge in [-0.05, 0) is 36.5 Å².